The Kier molecular flexibility index (Phi) is 3.63. The molecule has 5 nitrogen and oxygen atoms in total. The molecular weight excluding hydrogens is 332 g/mol. The van der Waals surface area contributed by atoms with Crippen LogP contribution in [0.1, 0.15) is 25.6 Å². The van der Waals surface area contributed by atoms with Crippen LogP contribution in [-0.2, 0) is 4.79 Å². The first-order valence-corrected chi connectivity index (χ1v) is 7.55. The molecule has 1 aliphatic rings. The number of para-hydroxylation sites is 2. The number of anilines is 3. The lowest BCUT2D eigenvalue weighted by atomic mass is 10.2. The number of nitrogens with one attached hydrogen (secondary N) is 1. The number of carbonyl (C=O) groups excluding carboxylic acids is 1. The molecule has 0 bridgehead atoms. The van der Waals surface area contributed by atoms with Crippen LogP contribution in [0, 0.1) is 0 Å². The molecule has 0 spiro atoms. The Morgan fingerprint density at radius 3 is 2.81 bits per heavy atom. The Bertz CT molecular complexity index is 702. The van der Waals surface area contributed by atoms with Crippen molar-refractivity contribution in [2.45, 2.75) is 19.8 Å². The molecule has 1 aliphatic heterocycles. The van der Waals surface area contributed by atoms with Gasteiger partial charge in [-0.2, -0.15) is 0 Å². The molecule has 2 aromatic rings. The Labute approximate surface area is 131 Å². The maximum absolute atomic E-state index is 11.9. The van der Waals surface area contributed by atoms with Gasteiger partial charge in [0, 0.05) is 12.0 Å². The van der Waals surface area contributed by atoms with Crippen LogP contribution in [0.3, 0.4) is 0 Å². The zero-order valence-electron chi connectivity index (χ0n) is 11.8. The van der Waals surface area contributed by atoms with Gasteiger partial charge in [0.2, 0.25) is 5.91 Å². The van der Waals surface area contributed by atoms with E-state index in [0.29, 0.717) is 0 Å². The van der Waals surface area contributed by atoms with Crippen molar-refractivity contribution in [2.75, 3.05) is 16.8 Å². The first kappa shape index (κ1) is 14.0. The van der Waals surface area contributed by atoms with Crippen LogP contribution in [0.2, 0.25) is 0 Å². The molecule has 1 amide bonds. The fourth-order valence-corrected chi connectivity index (χ4v) is 2.64. The molecule has 1 N–H and O–H groups in total. The lowest BCUT2D eigenvalue weighted by Crippen LogP contribution is -2.35. The Hall–Kier alpha value is -1.95. The fourth-order valence-electron chi connectivity index (χ4n) is 2.26. The van der Waals surface area contributed by atoms with Crippen molar-refractivity contribution >= 4 is 39.0 Å². The molecular formula is C15H15BrN4O. The number of hydrogen-bond acceptors (Lipinski definition) is 4. The summed E-state index contributed by atoms with van der Waals surface area (Å²) in [5, 5.41) is 2.88. The maximum Gasteiger partial charge on any atom is 0.244 e. The monoisotopic (exact) mass is 346 g/mol. The smallest absolute Gasteiger partial charge is 0.244 e. The topological polar surface area (TPSA) is 58.1 Å². The number of amides is 1. The van der Waals surface area contributed by atoms with Gasteiger partial charge >= 0.3 is 0 Å². The standard InChI is InChI=1S/C15H15BrN4O/c1-9(2)15-18-12(16)7-13(19-15)20-8-14(21)17-10-5-3-4-6-11(10)20/h3-7,9H,8H2,1-2H3,(H,17,21). The van der Waals surface area contributed by atoms with E-state index in [4.69, 9.17) is 0 Å². The number of nitrogens with zero attached hydrogens (tertiary/aromatic N) is 3. The third-order valence-corrected chi connectivity index (χ3v) is 3.67. The summed E-state index contributed by atoms with van der Waals surface area (Å²) in [6, 6.07) is 9.54. The minimum absolute atomic E-state index is 0.0467. The molecule has 0 radical (unpaired) electrons. The van der Waals surface area contributed by atoms with Crippen LogP contribution >= 0.6 is 15.9 Å². The van der Waals surface area contributed by atoms with Crippen LogP contribution in [0.15, 0.2) is 34.9 Å². The van der Waals surface area contributed by atoms with E-state index in [1.165, 1.54) is 0 Å². The highest BCUT2D eigenvalue weighted by atomic mass is 79.9. The van der Waals surface area contributed by atoms with E-state index in [-0.39, 0.29) is 18.4 Å². The third-order valence-electron chi connectivity index (χ3n) is 3.26. The van der Waals surface area contributed by atoms with Crippen LogP contribution in [0.4, 0.5) is 17.2 Å². The van der Waals surface area contributed by atoms with Crippen LogP contribution in [0.5, 0.6) is 0 Å². The van der Waals surface area contributed by atoms with Gasteiger partial charge in [-0.25, -0.2) is 9.97 Å². The second kappa shape index (κ2) is 5.44. The number of fused-ring (bicyclic) bond motifs is 1. The number of rotatable bonds is 2. The number of aromatic nitrogens is 2. The molecule has 0 unspecified atom stereocenters. The molecule has 0 saturated heterocycles. The first-order valence-electron chi connectivity index (χ1n) is 6.75. The largest absolute Gasteiger partial charge is 0.323 e. The molecule has 1 aromatic carbocycles. The average Bonchev–Trinajstić information content (AvgIpc) is 2.45. The summed E-state index contributed by atoms with van der Waals surface area (Å²) < 4.78 is 0.722. The molecule has 2 heterocycles. The lowest BCUT2D eigenvalue weighted by molar-refractivity contribution is -0.115. The van der Waals surface area contributed by atoms with Crippen molar-refractivity contribution < 1.29 is 4.79 Å². The molecule has 1 aromatic heterocycles. The van der Waals surface area contributed by atoms with Crippen molar-refractivity contribution in [3.8, 4) is 0 Å². The molecule has 21 heavy (non-hydrogen) atoms. The van der Waals surface area contributed by atoms with Crippen molar-refractivity contribution in [3.05, 3.63) is 40.8 Å². The minimum Gasteiger partial charge on any atom is -0.323 e. The summed E-state index contributed by atoms with van der Waals surface area (Å²) in [6.07, 6.45) is 0. The van der Waals surface area contributed by atoms with Gasteiger partial charge in [0.1, 0.15) is 22.8 Å². The van der Waals surface area contributed by atoms with Crippen molar-refractivity contribution in [1.29, 1.82) is 0 Å². The molecule has 6 heteroatoms. The van der Waals surface area contributed by atoms with Gasteiger partial charge in [-0.15, -0.1) is 0 Å². The van der Waals surface area contributed by atoms with E-state index < -0.39 is 0 Å². The van der Waals surface area contributed by atoms with Crippen molar-refractivity contribution in [3.63, 3.8) is 0 Å². The number of carbonyl (C=O) groups is 1. The minimum atomic E-state index is -0.0467. The second-order valence-corrected chi connectivity index (χ2v) is 6.03. The molecule has 0 atom stereocenters. The highest BCUT2D eigenvalue weighted by Gasteiger charge is 2.24. The summed E-state index contributed by atoms with van der Waals surface area (Å²) >= 11 is 3.42. The summed E-state index contributed by atoms with van der Waals surface area (Å²) in [5.74, 6) is 1.65. The molecule has 0 fully saturated rings. The van der Waals surface area contributed by atoms with Gasteiger partial charge in [0.05, 0.1) is 11.4 Å². The number of benzene rings is 1. The van der Waals surface area contributed by atoms with E-state index in [9.17, 15) is 4.79 Å². The fraction of sp³-hybridized carbons (Fsp3) is 0.267. The highest BCUT2D eigenvalue weighted by Crippen LogP contribution is 2.34. The predicted molar refractivity (Wildman–Crippen MR) is 85.9 cm³/mol. The summed E-state index contributed by atoms with van der Waals surface area (Å²) in [6.45, 7) is 4.34. The Morgan fingerprint density at radius 1 is 1.29 bits per heavy atom. The zero-order valence-corrected chi connectivity index (χ0v) is 13.4. The Morgan fingerprint density at radius 2 is 2.05 bits per heavy atom. The lowest BCUT2D eigenvalue weighted by Gasteiger charge is -2.30. The van der Waals surface area contributed by atoms with Crippen LogP contribution in [-0.4, -0.2) is 22.4 Å². The van der Waals surface area contributed by atoms with E-state index in [1.54, 1.807) is 0 Å². The van der Waals surface area contributed by atoms with E-state index in [2.05, 4.69) is 31.2 Å². The Balaban J connectivity index is 2.10. The van der Waals surface area contributed by atoms with Gasteiger partial charge in [-0.1, -0.05) is 26.0 Å². The van der Waals surface area contributed by atoms with Crippen LogP contribution in [0.25, 0.3) is 0 Å². The predicted octanol–water partition coefficient (Wildman–Crippen LogP) is 3.45. The van der Waals surface area contributed by atoms with Gasteiger partial charge in [0.25, 0.3) is 0 Å². The van der Waals surface area contributed by atoms with Gasteiger partial charge in [-0.05, 0) is 28.1 Å². The third kappa shape index (κ3) is 2.76. The van der Waals surface area contributed by atoms with Crippen molar-refractivity contribution in [2.24, 2.45) is 0 Å². The quantitative estimate of drug-likeness (QED) is 0.846. The van der Waals surface area contributed by atoms with Crippen molar-refractivity contribution in [1.82, 2.24) is 9.97 Å². The summed E-state index contributed by atoms with van der Waals surface area (Å²) in [4.78, 5) is 22.8. The zero-order chi connectivity index (χ0) is 15.0. The number of hydrogen-bond donors (Lipinski definition) is 1. The second-order valence-electron chi connectivity index (χ2n) is 5.21. The van der Waals surface area contributed by atoms with E-state index in [1.807, 2.05) is 49.1 Å². The van der Waals surface area contributed by atoms with E-state index in [0.717, 1.165) is 27.6 Å². The van der Waals surface area contributed by atoms with Gasteiger partial charge in [0.15, 0.2) is 0 Å². The molecule has 3 rings (SSSR count). The van der Waals surface area contributed by atoms with Crippen LogP contribution < -0.4 is 10.2 Å². The van der Waals surface area contributed by atoms with Gasteiger partial charge in [-0.3, -0.25) is 4.79 Å². The summed E-state index contributed by atoms with van der Waals surface area (Å²) in [7, 11) is 0. The summed E-state index contributed by atoms with van der Waals surface area (Å²) in [5.41, 5.74) is 1.74. The average molecular weight is 347 g/mol. The molecule has 0 saturated carbocycles. The molecule has 0 aliphatic carbocycles. The highest BCUT2D eigenvalue weighted by molar-refractivity contribution is 9.10. The SMILES string of the molecule is CC(C)c1nc(Br)cc(N2CC(=O)Nc3ccccc32)n1. The number of halogens is 1. The normalized spacial score (nSPS) is 14.1. The van der Waals surface area contributed by atoms with E-state index >= 15 is 0 Å². The van der Waals surface area contributed by atoms with Gasteiger partial charge < -0.3 is 10.2 Å². The maximum atomic E-state index is 11.9. The first-order chi connectivity index (χ1) is 10.0. The molecule has 108 valence electrons.